The summed E-state index contributed by atoms with van der Waals surface area (Å²) in [7, 11) is 0. The van der Waals surface area contributed by atoms with Gasteiger partial charge in [0.15, 0.2) is 5.82 Å². The highest BCUT2D eigenvalue weighted by molar-refractivity contribution is 5.94. The SMILES string of the molecule is NC(CF)=NCCC[C@H](NC(=O)c1ccccc1)c1nn[nH]n1. The number of alkyl halides is 1. The topological polar surface area (TPSA) is 122 Å². The summed E-state index contributed by atoms with van der Waals surface area (Å²) in [5.41, 5.74) is 5.85. The fraction of sp³-hybridized carbons (Fsp3) is 0.357. The zero-order valence-electron chi connectivity index (χ0n) is 12.4. The minimum absolute atomic E-state index is 0.0329. The van der Waals surface area contributed by atoms with Crippen molar-refractivity contribution in [2.24, 2.45) is 10.7 Å². The van der Waals surface area contributed by atoms with Gasteiger partial charge in [0.1, 0.15) is 12.5 Å². The summed E-state index contributed by atoms with van der Waals surface area (Å²) in [6.07, 6.45) is 1.12. The van der Waals surface area contributed by atoms with Crippen molar-refractivity contribution in [2.45, 2.75) is 18.9 Å². The number of nitrogens with one attached hydrogen (secondary N) is 2. The van der Waals surface area contributed by atoms with Crippen molar-refractivity contribution in [3.63, 3.8) is 0 Å². The summed E-state index contributed by atoms with van der Waals surface area (Å²) < 4.78 is 12.2. The van der Waals surface area contributed by atoms with Crippen LogP contribution in [-0.2, 0) is 0 Å². The summed E-state index contributed by atoms with van der Waals surface area (Å²) in [6.45, 7) is -0.398. The molecule has 9 heteroatoms. The molecule has 0 spiro atoms. The maximum Gasteiger partial charge on any atom is 0.251 e. The molecule has 2 aromatic rings. The van der Waals surface area contributed by atoms with Crippen molar-refractivity contribution < 1.29 is 9.18 Å². The third kappa shape index (κ3) is 5.13. The number of tetrazole rings is 1. The van der Waals surface area contributed by atoms with E-state index in [9.17, 15) is 9.18 Å². The zero-order chi connectivity index (χ0) is 16.5. The molecule has 8 nitrogen and oxygen atoms in total. The van der Waals surface area contributed by atoms with Gasteiger partial charge in [-0.15, -0.1) is 10.2 Å². The number of aromatic nitrogens is 4. The molecule has 1 aromatic heterocycles. The van der Waals surface area contributed by atoms with E-state index < -0.39 is 12.7 Å². The van der Waals surface area contributed by atoms with Crippen LogP contribution in [0.2, 0.25) is 0 Å². The van der Waals surface area contributed by atoms with Crippen LogP contribution in [0.4, 0.5) is 4.39 Å². The maximum absolute atomic E-state index is 12.2. The molecule has 0 saturated carbocycles. The number of amides is 1. The number of hydrogen-bond acceptors (Lipinski definition) is 5. The minimum Gasteiger partial charge on any atom is -0.385 e. The predicted octanol–water partition coefficient (Wildman–Crippen LogP) is 0.778. The summed E-state index contributed by atoms with van der Waals surface area (Å²) in [6, 6.07) is 8.42. The molecular formula is C14H18FN7O. The van der Waals surface area contributed by atoms with Crippen molar-refractivity contribution in [1.29, 1.82) is 0 Å². The first-order valence-corrected chi connectivity index (χ1v) is 7.14. The lowest BCUT2D eigenvalue weighted by molar-refractivity contribution is 0.0932. The largest absolute Gasteiger partial charge is 0.385 e. The summed E-state index contributed by atoms with van der Waals surface area (Å²) in [5.74, 6) is 0.123. The number of nitrogens with two attached hydrogens (primary N) is 1. The van der Waals surface area contributed by atoms with Crippen LogP contribution >= 0.6 is 0 Å². The molecule has 1 heterocycles. The van der Waals surface area contributed by atoms with Crippen LogP contribution in [0, 0.1) is 0 Å². The van der Waals surface area contributed by atoms with Gasteiger partial charge in [0.2, 0.25) is 0 Å². The van der Waals surface area contributed by atoms with E-state index in [0.29, 0.717) is 30.8 Å². The second kappa shape index (κ2) is 8.57. The highest BCUT2D eigenvalue weighted by atomic mass is 19.1. The summed E-state index contributed by atoms with van der Waals surface area (Å²) in [4.78, 5) is 16.1. The van der Waals surface area contributed by atoms with E-state index in [-0.39, 0.29) is 11.7 Å². The Hall–Kier alpha value is -2.84. The number of aromatic amines is 1. The molecule has 23 heavy (non-hydrogen) atoms. The zero-order valence-corrected chi connectivity index (χ0v) is 12.4. The summed E-state index contributed by atoms with van der Waals surface area (Å²) >= 11 is 0. The third-order valence-corrected chi connectivity index (χ3v) is 3.12. The Morgan fingerprint density at radius 2 is 2.17 bits per heavy atom. The first-order valence-electron chi connectivity index (χ1n) is 7.14. The number of benzene rings is 1. The Morgan fingerprint density at radius 3 is 2.83 bits per heavy atom. The number of carbonyl (C=O) groups is 1. The van der Waals surface area contributed by atoms with Gasteiger partial charge in [-0.25, -0.2) is 4.39 Å². The highest BCUT2D eigenvalue weighted by Crippen LogP contribution is 2.14. The molecule has 0 radical (unpaired) electrons. The molecule has 122 valence electrons. The van der Waals surface area contributed by atoms with E-state index in [4.69, 9.17) is 5.73 Å². The molecule has 0 bridgehead atoms. The molecule has 0 saturated heterocycles. The van der Waals surface area contributed by atoms with Crippen LogP contribution < -0.4 is 11.1 Å². The number of nitrogens with zero attached hydrogens (tertiary/aromatic N) is 4. The number of H-pyrrole nitrogens is 1. The van der Waals surface area contributed by atoms with Crippen molar-refractivity contribution in [3.8, 4) is 0 Å². The standard InChI is InChI=1S/C14H18FN7O/c15-9-12(16)17-8-4-7-11(13-19-21-22-20-13)18-14(23)10-5-2-1-3-6-10/h1-3,5-6,11H,4,7-9H2,(H2,16,17)(H,18,23)(H,19,20,21,22)/t11-/m0/s1. The molecule has 0 aliphatic heterocycles. The molecule has 0 aliphatic rings. The van der Waals surface area contributed by atoms with Gasteiger partial charge < -0.3 is 11.1 Å². The van der Waals surface area contributed by atoms with Crippen LogP contribution in [0.3, 0.4) is 0 Å². The van der Waals surface area contributed by atoms with Gasteiger partial charge in [-0.1, -0.05) is 23.4 Å². The molecule has 0 aliphatic carbocycles. The Kier molecular flexibility index (Phi) is 6.16. The van der Waals surface area contributed by atoms with Gasteiger partial charge in [-0.2, -0.15) is 5.21 Å². The lowest BCUT2D eigenvalue weighted by Gasteiger charge is -2.15. The molecule has 4 N–H and O–H groups in total. The normalized spacial score (nSPS) is 12.8. The number of hydrogen-bond donors (Lipinski definition) is 3. The Bertz CT molecular complexity index is 630. The number of carbonyl (C=O) groups excluding carboxylic acids is 1. The Morgan fingerprint density at radius 1 is 1.39 bits per heavy atom. The highest BCUT2D eigenvalue weighted by Gasteiger charge is 2.19. The fourth-order valence-corrected chi connectivity index (χ4v) is 1.97. The van der Waals surface area contributed by atoms with E-state index in [1.165, 1.54) is 0 Å². The van der Waals surface area contributed by atoms with Gasteiger partial charge in [0.05, 0.1) is 6.04 Å². The van der Waals surface area contributed by atoms with Gasteiger partial charge in [0, 0.05) is 12.1 Å². The van der Waals surface area contributed by atoms with Crippen molar-refractivity contribution in [3.05, 3.63) is 41.7 Å². The molecule has 2 rings (SSSR count). The predicted molar refractivity (Wildman–Crippen MR) is 82.5 cm³/mol. The van der Waals surface area contributed by atoms with Gasteiger partial charge in [0.25, 0.3) is 5.91 Å². The third-order valence-electron chi connectivity index (χ3n) is 3.12. The van der Waals surface area contributed by atoms with Gasteiger partial charge in [-0.3, -0.25) is 9.79 Å². The summed E-state index contributed by atoms with van der Waals surface area (Å²) in [5, 5.41) is 16.6. The van der Waals surface area contributed by atoms with E-state index in [1.54, 1.807) is 24.3 Å². The van der Waals surface area contributed by atoms with E-state index in [0.717, 1.165) is 0 Å². The van der Waals surface area contributed by atoms with Crippen LogP contribution in [0.15, 0.2) is 35.3 Å². The first kappa shape index (κ1) is 16.5. The first-order chi connectivity index (χ1) is 11.2. The number of halogens is 1. The Balaban J connectivity index is 1.97. The minimum atomic E-state index is -0.765. The van der Waals surface area contributed by atoms with E-state index in [2.05, 4.69) is 30.9 Å². The van der Waals surface area contributed by atoms with Crippen LogP contribution in [0.1, 0.15) is 35.1 Å². The molecular weight excluding hydrogens is 301 g/mol. The number of amidine groups is 1. The smallest absolute Gasteiger partial charge is 0.251 e. The maximum atomic E-state index is 12.2. The van der Waals surface area contributed by atoms with Crippen LogP contribution in [0.25, 0.3) is 0 Å². The monoisotopic (exact) mass is 319 g/mol. The van der Waals surface area contributed by atoms with Crippen molar-refractivity contribution in [2.75, 3.05) is 13.2 Å². The fourth-order valence-electron chi connectivity index (χ4n) is 1.97. The lowest BCUT2D eigenvalue weighted by atomic mass is 10.1. The van der Waals surface area contributed by atoms with E-state index in [1.807, 2.05) is 6.07 Å². The van der Waals surface area contributed by atoms with E-state index >= 15 is 0 Å². The molecule has 0 fully saturated rings. The Labute approximate surface area is 132 Å². The van der Waals surface area contributed by atoms with Crippen molar-refractivity contribution >= 4 is 11.7 Å². The quantitative estimate of drug-likeness (QED) is 0.377. The molecule has 0 unspecified atom stereocenters. The average Bonchev–Trinajstić information content (AvgIpc) is 3.12. The molecule has 1 aromatic carbocycles. The molecule has 1 atom stereocenters. The van der Waals surface area contributed by atoms with Crippen LogP contribution in [0.5, 0.6) is 0 Å². The van der Waals surface area contributed by atoms with Crippen LogP contribution in [-0.4, -0.2) is 45.6 Å². The average molecular weight is 319 g/mol. The van der Waals surface area contributed by atoms with Gasteiger partial charge >= 0.3 is 0 Å². The molecule has 1 amide bonds. The van der Waals surface area contributed by atoms with Gasteiger partial charge in [-0.05, 0) is 25.0 Å². The number of rotatable bonds is 8. The lowest BCUT2D eigenvalue weighted by Crippen LogP contribution is -2.29. The second-order valence-electron chi connectivity index (χ2n) is 4.81. The number of aliphatic imine (C=N–C) groups is 1. The van der Waals surface area contributed by atoms with Crippen molar-refractivity contribution in [1.82, 2.24) is 25.9 Å². The second-order valence-corrected chi connectivity index (χ2v) is 4.81.